The topological polar surface area (TPSA) is 86.5 Å². The maximum Gasteiger partial charge on any atom is 0.319 e. The second-order valence-electron chi connectivity index (χ2n) is 12.7. The average molecular weight is 621 g/mol. The minimum absolute atomic E-state index is 0.204. The Balaban J connectivity index is 0.000000219. The number of anilines is 3. The molecule has 46 heavy (non-hydrogen) atoms. The number of pyridine rings is 1. The van der Waals surface area contributed by atoms with E-state index in [1.807, 2.05) is 37.4 Å². The van der Waals surface area contributed by atoms with Gasteiger partial charge in [-0.05, 0) is 80.1 Å². The van der Waals surface area contributed by atoms with Crippen molar-refractivity contribution >= 4 is 33.9 Å². The number of aryl methyl sites for hydroxylation is 1. The second-order valence-corrected chi connectivity index (χ2v) is 12.7. The number of aromatic nitrogens is 1. The molecule has 0 spiro atoms. The monoisotopic (exact) mass is 620 g/mol. The number of amides is 2. The number of hydrogen-bond donors (Lipinski definition) is 3. The highest BCUT2D eigenvalue weighted by atomic mass is 16.2. The summed E-state index contributed by atoms with van der Waals surface area (Å²) in [4.78, 5) is 21.8. The maximum atomic E-state index is 12.5. The van der Waals surface area contributed by atoms with Crippen LogP contribution in [0, 0.1) is 6.92 Å². The SMILES string of the molecule is Cc1cc2c(NC(=O)NCc3ccc(N4CCCCCCC4)cc3)cccc2cn1.NCc1ccc(N2CCCCCCC2)cc1. The van der Waals surface area contributed by atoms with E-state index in [4.69, 9.17) is 5.73 Å². The summed E-state index contributed by atoms with van der Waals surface area (Å²) in [5, 5.41) is 7.95. The van der Waals surface area contributed by atoms with Gasteiger partial charge < -0.3 is 26.2 Å². The van der Waals surface area contributed by atoms with Crippen molar-refractivity contribution in [1.29, 1.82) is 0 Å². The first-order chi connectivity index (χ1) is 22.6. The highest BCUT2D eigenvalue weighted by Crippen LogP contribution is 2.24. The fraction of sp³-hybridized carbons (Fsp3) is 0.436. The number of nitrogens with two attached hydrogens (primary N) is 1. The van der Waals surface area contributed by atoms with E-state index >= 15 is 0 Å². The molecule has 0 bridgehead atoms. The zero-order valence-corrected chi connectivity index (χ0v) is 27.6. The molecule has 2 aliphatic rings. The molecule has 0 unspecified atom stereocenters. The minimum Gasteiger partial charge on any atom is -0.372 e. The van der Waals surface area contributed by atoms with Crippen LogP contribution >= 0.6 is 0 Å². The summed E-state index contributed by atoms with van der Waals surface area (Å²) in [7, 11) is 0. The molecule has 7 nitrogen and oxygen atoms in total. The number of fused-ring (bicyclic) bond motifs is 1. The molecule has 4 aromatic rings. The number of carbonyl (C=O) groups is 1. The number of nitrogens with zero attached hydrogens (tertiary/aromatic N) is 3. The van der Waals surface area contributed by atoms with Crippen LogP contribution in [0.25, 0.3) is 10.8 Å². The standard InChI is InChI=1S/C25H30N4O.C14H22N2/c1-19-16-23-21(18-26-19)8-7-9-24(23)28-25(30)27-17-20-10-12-22(13-11-20)29-14-5-3-2-4-6-15-29;15-12-13-6-8-14(9-7-13)16-10-4-2-1-3-5-11-16/h7-13,16,18H,2-6,14-15,17H2,1H3,(H2,27,28,30);6-9H,1-5,10-12,15H2. The molecule has 7 heteroatoms. The van der Waals surface area contributed by atoms with Crippen LogP contribution in [0.3, 0.4) is 0 Å². The Kier molecular flexibility index (Phi) is 12.7. The van der Waals surface area contributed by atoms with Crippen LogP contribution in [0.1, 0.15) is 81.0 Å². The highest BCUT2D eigenvalue weighted by Gasteiger charge is 2.11. The van der Waals surface area contributed by atoms with Gasteiger partial charge in [0, 0.05) is 73.3 Å². The van der Waals surface area contributed by atoms with Gasteiger partial charge in [0.05, 0.1) is 5.69 Å². The van der Waals surface area contributed by atoms with Crippen LogP contribution in [0.2, 0.25) is 0 Å². The van der Waals surface area contributed by atoms with E-state index < -0.39 is 0 Å². The number of rotatable bonds is 6. The van der Waals surface area contributed by atoms with Gasteiger partial charge in [-0.15, -0.1) is 0 Å². The van der Waals surface area contributed by atoms with E-state index in [-0.39, 0.29) is 6.03 Å². The van der Waals surface area contributed by atoms with E-state index in [9.17, 15) is 4.79 Å². The first-order valence-electron chi connectivity index (χ1n) is 17.4. The molecule has 3 heterocycles. The molecule has 2 amide bonds. The summed E-state index contributed by atoms with van der Waals surface area (Å²) < 4.78 is 0. The summed E-state index contributed by atoms with van der Waals surface area (Å²) >= 11 is 0. The van der Waals surface area contributed by atoms with Gasteiger partial charge >= 0.3 is 6.03 Å². The van der Waals surface area contributed by atoms with Gasteiger partial charge in [0.2, 0.25) is 0 Å². The zero-order valence-electron chi connectivity index (χ0n) is 27.6. The van der Waals surface area contributed by atoms with E-state index in [1.165, 1.54) is 94.2 Å². The number of carbonyl (C=O) groups excluding carboxylic acids is 1. The molecule has 4 N–H and O–H groups in total. The highest BCUT2D eigenvalue weighted by molar-refractivity contribution is 6.01. The fourth-order valence-electron chi connectivity index (χ4n) is 6.41. The van der Waals surface area contributed by atoms with E-state index in [0.29, 0.717) is 13.1 Å². The molecule has 0 radical (unpaired) electrons. The smallest absolute Gasteiger partial charge is 0.319 e. The lowest BCUT2D eigenvalue weighted by atomic mass is 10.1. The van der Waals surface area contributed by atoms with Gasteiger partial charge in [0.25, 0.3) is 0 Å². The van der Waals surface area contributed by atoms with Crippen molar-refractivity contribution in [2.24, 2.45) is 5.73 Å². The number of benzene rings is 3. The van der Waals surface area contributed by atoms with Gasteiger partial charge in [-0.2, -0.15) is 0 Å². The number of nitrogens with one attached hydrogen (secondary N) is 2. The van der Waals surface area contributed by atoms with E-state index in [0.717, 1.165) is 40.8 Å². The molecular weight excluding hydrogens is 568 g/mol. The fourth-order valence-corrected chi connectivity index (χ4v) is 6.41. The number of urea groups is 1. The molecule has 0 aliphatic carbocycles. The lowest BCUT2D eigenvalue weighted by molar-refractivity contribution is 0.252. The molecule has 2 aliphatic heterocycles. The Morgan fingerprint density at radius 1 is 0.717 bits per heavy atom. The van der Waals surface area contributed by atoms with Crippen molar-refractivity contribution < 1.29 is 4.79 Å². The Hall–Kier alpha value is -4.10. The Morgan fingerprint density at radius 2 is 1.24 bits per heavy atom. The van der Waals surface area contributed by atoms with Crippen molar-refractivity contribution in [3.63, 3.8) is 0 Å². The number of hydrogen-bond acceptors (Lipinski definition) is 5. The summed E-state index contributed by atoms with van der Waals surface area (Å²) in [5.74, 6) is 0. The summed E-state index contributed by atoms with van der Waals surface area (Å²) in [6.07, 6.45) is 15.3. The third kappa shape index (κ3) is 9.95. The van der Waals surface area contributed by atoms with Crippen LogP contribution in [-0.4, -0.2) is 37.2 Å². The van der Waals surface area contributed by atoms with Crippen molar-refractivity contribution in [1.82, 2.24) is 10.3 Å². The third-order valence-electron chi connectivity index (χ3n) is 9.15. The van der Waals surface area contributed by atoms with E-state index in [2.05, 4.69) is 73.9 Å². The molecule has 3 aromatic carbocycles. The Labute approximate surface area is 275 Å². The van der Waals surface area contributed by atoms with Crippen LogP contribution in [0.5, 0.6) is 0 Å². The molecule has 2 fully saturated rings. The first kappa shape index (κ1) is 33.3. The summed E-state index contributed by atoms with van der Waals surface area (Å²) in [5.41, 5.74) is 12.3. The van der Waals surface area contributed by atoms with Gasteiger partial charge in [-0.3, -0.25) is 4.98 Å². The Bertz CT molecular complexity index is 1490. The molecule has 0 saturated carbocycles. The third-order valence-corrected chi connectivity index (χ3v) is 9.15. The van der Waals surface area contributed by atoms with E-state index in [1.54, 1.807) is 0 Å². The van der Waals surface area contributed by atoms with Gasteiger partial charge in [-0.25, -0.2) is 4.79 Å². The van der Waals surface area contributed by atoms with Crippen LogP contribution in [0.15, 0.2) is 79.0 Å². The molecule has 244 valence electrons. The second kappa shape index (κ2) is 17.6. The Morgan fingerprint density at radius 3 is 1.78 bits per heavy atom. The van der Waals surface area contributed by atoms with Crippen LogP contribution in [0.4, 0.5) is 21.9 Å². The van der Waals surface area contributed by atoms with Crippen molar-refractivity contribution in [2.45, 2.75) is 84.2 Å². The molecule has 2 saturated heterocycles. The lowest BCUT2D eigenvalue weighted by Gasteiger charge is -2.27. The van der Waals surface area contributed by atoms with Gasteiger partial charge in [0.1, 0.15) is 0 Å². The van der Waals surface area contributed by atoms with Gasteiger partial charge in [-0.1, -0.05) is 74.9 Å². The predicted octanol–water partition coefficient (Wildman–Crippen LogP) is 8.55. The van der Waals surface area contributed by atoms with Gasteiger partial charge in [0.15, 0.2) is 0 Å². The lowest BCUT2D eigenvalue weighted by Crippen LogP contribution is -2.28. The van der Waals surface area contributed by atoms with Crippen LogP contribution in [-0.2, 0) is 13.1 Å². The molecule has 1 aromatic heterocycles. The molecular formula is C39H52N6O. The quantitative estimate of drug-likeness (QED) is 0.201. The van der Waals surface area contributed by atoms with Crippen molar-refractivity contribution in [2.75, 3.05) is 41.3 Å². The van der Waals surface area contributed by atoms with Crippen molar-refractivity contribution in [3.05, 3.63) is 95.8 Å². The maximum absolute atomic E-state index is 12.5. The predicted molar refractivity (Wildman–Crippen MR) is 194 cm³/mol. The summed E-state index contributed by atoms with van der Waals surface area (Å²) in [6, 6.07) is 24.9. The summed E-state index contributed by atoms with van der Waals surface area (Å²) in [6.45, 7) is 7.79. The zero-order chi connectivity index (χ0) is 32.0. The first-order valence-corrected chi connectivity index (χ1v) is 17.4. The molecule has 6 rings (SSSR count). The van der Waals surface area contributed by atoms with Crippen molar-refractivity contribution in [3.8, 4) is 0 Å². The normalized spacial score (nSPS) is 15.9. The average Bonchev–Trinajstić information content (AvgIpc) is 3.05. The molecule has 0 atom stereocenters. The largest absolute Gasteiger partial charge is 0.372 e. The minimum atomic E-state index is -0.204. The van der Waals surface area contributed by atoms with Crippen LogP contribution < -0.4 is 26.2 Å².